The Morgan fingerprint density at radius 1 is 1.00 bits per heavy atom. The number of nitrogens with zero attached hydrogens (tertiary/aromatic N) is 2. The van der Waals surface area contributed by atoms with Gasteiger partial charge in [-0.15, -0.1) is 0 Å². The average molecular weight is 426 g/mol. The molecule has 0 spiro atoms. The SMILES string of the molecule is O=C(CCCCCN=C1NS(=O)(=O)c2ccccc21)N(Cc1ccccc1)C1CC1. The number of nitrogens with one attached hydrogen (secondary N) is 1. The number of carbonyl (C=O) groups is 1. The number of rotatable bonds is 9. The van der Waals surface area contributed by atoms with E-state index in [1.165, 1.54) is 5.56 Å². The Hall–Kier alpha value is -2.67. The first-order valence-electron chi connectivity index (χ1n) is 10.5. The van der Waals surface area contributed by atoms with Crippen LogP contribution in [0.1, 0.15) is 49.7 Å². The van der Waals surface area contributed by atoms with E-state index >= 15 is 0 Å². The van der Waals surface area contributed by atoms with Crippen molar-refractivity contribution in [2.75, 3.05) is 6.54 Å². The largest absolute Gasteiger partial charge is 0.335 e. The van der Waals surface area contributed by atoms with Gasteiger partial charge in [0, 0.05) is 31.1 Å². The zero-order valence-corrected chi connectivity index (χ0v) is 17.8. The predicted octanol–water partition coefficient (Wildman–Crippen LogP) is 3.48. The second kappa shape index (κ2) is 9.00. The summed E-state index contributed by atoms with van der Waals surface area (Å²) in [6.07, 6.45) is 5.30. The number of fused-ring (bicyclic) bond motifs is 1. The van der Waals surface area contributed by atoms with E-state index < -0.39 is 10.0 Å². The van der Waals surface area contributed by atoms with E-state index in [2.05, 4.69) is 21.8 Å². The monoisotopic (exact) mass is 425 g/mol. The summed E-state index contributed by atoms with van der Waals surface area (Å²) < 4.78 is 26.7. The van der Waals surface area contributed by atoms with Crippen LogP contribution in [0.3, 0.4) is 0 Å². The highest BCUT2D eigenvalue weighted by Gasteiger charge is 2.32. The van der Waals surface area contributed by atoms with Crippen molar-refractivity contribution in [2.45, 2.75) is 56.0 Å². The van der Waals surface area contributed by atoms with E-state index in [-0.39, 0.29) is 10.8 Å². The van der Waals surface area contributed by atoms with Crippen LogP contribution in [0, 0.1) is 0 Å². The molecule has 1 N–H and O–H groups in total. The smallest absolute Gasteiger partial charge is 0.263 e. The predicted molar refractivity (Wildman–Crippen MR) is 117 cm³/mol. The Labute approximate surface area is 178 Å². The maximum Gasteiger partial charge on any atom is 0.263 e. The lowest BCUT2D eigenvalue weighted by Gasteiger charge is -2.22. The van der Waals surface area contributed by atoms with Crippen molar-refractivity contribution < 1.29 is 13.2 Å². The van der Waals surface area contributed by atoms with Crippen molar-refractivity contribution >= 4 is 21.8 Å². The number of amidine groups is 1. The van der Waals surface area contributed by atoms with E-state index in [4.69, 9.17) is 0 Å². The lowest BCUT2D eigenvalue weighted by molar-refractivity contribution is -0.132. The first-order valence-corrected chi connectivity index (χ1v) is 12.0. The van der Waals surface area contributed by atoms with Gasteiger partial charge in [-0.25, -0.2) is 8.42 Å². The highest BCUT2D eigenvalue weighted by atomic mass is 32.2. The van der Waals surface area contributed by atoms with Gasteiger partial charge >= 0.3 is 0 Å². The number of hydrogen-bond donors (Lipinski definition) is 1. The van der Waals surface area contributed by atoms with Gasteiger partial charge in [0.15, 0.2) is 0 Å². The van der Waals surface area contributed by atoms with Crippen LogP contribution in [0.4, 0.5) is 0 Å². The number of unbranched alkanes of at least 4 members (excludes halogenated alkanes) is 2. The van der Waals surface area contributed by atoms with E-state index in [0.717, 1.165) is 32.1 Å². The molecule has 1 aliphatic heterocycles. The summed E-state index contributed by atoms with van der Waals surface area (Å²) in [5.41, 5.74) is 1.81. The number of benzene rings is 2. The van der Waals surface area contributed by atoms with Crippen LogP contribution in [-0.4, -0.2) is 37.6 Å². The van der Waals surface area contributed by atoms with Gasteiger partial charge in [-0.1, -0.05) is 48.9 Å². The lowest BCUT2D eigenvalue weighted by atomic mass is 10.1. The molecule has 30 heavy (non-hydrogen) atoms. The highest BCUT2D eigenvalue weighted by Crippen LogP contribution is 2.29. The average Bonchev–Trinajstić information content (AvgIpc) is 3.55. The topological polar surface area (TPSA) is 78.8 Å². The number of carbonyl (C=O) groups excluding carboxylic acids is 1. The van der Waals surface area contributed by atoms with Gasteiger partial charge in [0.1, 0.15) is 5.84 Å². The van der Waals surface area contributed by atoms with Crippen LogP contribution >= 0.6 is 0 Å². The van der Waals surface area contributed by atoms with Gasteiger partial charge in [0.25, 0.3) is 10.0 Å². The molecule has 1 aliphatic carbocycles. The third kappa shape index (κ3) is 4.90. The second-order valence-electron chi connectivity index (χ2n) is 7.88. The Kier molecular flexibility index (Phi) is 6.18. The van der Waals surface area contributed by atoms with Crippen molar-refractivity contribution in [3.8, 4) is 0 Å². The van der Waals surface area contributed by atoms with E-state index in [0.29, 0.717) is 37.0 Å². The Morgan fingerprint density at radius 3 is 2.50 bits per heavy atom. The van der Waals surface area contributed by atoms with Gasteiger partial charge < -0.3 is 4.90 Å². The van der Waals surface area contributed by atoms with Gasteiger partial charge in [0.05, 0.1) is 4.90 Å². The minimum atomic E-state index is -3.48. The molecule has 0 radical (unpaired) electrons. The van der Waals surface area contributed by atoms with Gasteiger partial charge in [-0.05, 0) is 43.4 Å². The summed E-state index contributed by atoms with van der Waals surface area (Å²) in [7, 11) is -3.48. The van der Waals surface area contributed by atoms with Gasteiger partial charge in [0.2, 0.25) is 5.91 Å². The van der Waals surface area contributed by atoms with Crippen LogP contribution in [0.5, 0.6) is 0 Å². The zero-order valence-electron chi connectivity index (χ0n) is 17.0. The third-order valence-corrected chi connectivity index (χ3v) is 6.88. The molecule has 1 heterocycles. The summed E-state index contributed by atoms with van der Waals surface area (Å²) in [6.45, 7) is 1.23. The quantitative estimate of drug-likeness (QED) is 0.625. The normalized spacial score (nSPS) is 18.1. The molecule has 1 saturated carbocycles. The summed E-state index contributed by atoms with van der Waals surface area (Å²) in [5.74, 6) is 0.648. The molecule has 158 valence electrons. The van der Waals surface area contributed by atoms with Gasteiger partial charge in [-0.2, -0.15) is 0 Å². The fraction of sp³-hybridized carbons (Fsp3) is 0.391. The lowest BCUT2D eigenvalue weighted by Crippen LogP contribution is -2.32. The van der Waals surface area contributed by atoms with Crippen molar-refractivity contribution in [3.63, 3.8) is 0 Å². The minimum absolute atomic E-state index is 0.227. The summed E-state index contributed by atoms with van der Waals surface area (Å²) in [5, 5.41) is 0. The molecule has 1 fully saturated rings. The van der Waals surface area contributed by atoms with Crippen LogP contribution in [0.2, 0.25) is 0 Å². The summed E-state index contributed by atoms with van der Waals surface area (Å²) in [4.78, 5) is 19.5. The van der Waals surface area contributed by atoms with E-state index in [1.54, 1.807) is 18.2 Å². The Bertz CT molecular complexity index is 1030. The van der Waals surface area contributed by atoms with E-state index in [9.17, 15) is 13.2 Å². The molecular weight excluding hydrogens is 398 g/mol. The standard InChI is InChI=1S/C23H27N3O3S/c27-22(26(19-14-15-19)17-18-9-3-1-4-10-18)13-5-2-8-16-24-23-20-11-6-7-12-21(20)30(28,29)25-23/h1,3-4,6-7,9-12,19H,2,5,8,13-17H2,(H,24,25). The fourth-order valence-electron chi connectivity index (χ4n) is 3.74. The summed E-state index contributed by atoms with van der Waals surface area (Å²) in [6, 6.07) is 17.4. The fourth-order valence-corrected chi connectivity index (χ4v) is 4.99. The molecule has 0 aromatic heterocycles. The Balaban J connectivity index is 1.23. The van der Waals surface area contributed by atoms with E-state index in [1.807, 2.05) is 29.2 Å². The maximum absolute atomic E-state index is 12.7. The maximum atomic E-state index is 12.7. The third-order valence-electron chi connectivity index (χ3n) is 5.49. The number of hydrogen-bond acceptors (Lipinski definition) is 4. The number of sulfonamides is 1. The molecule has 1 amide bonds. The second-order valence-corrected chi connectivity index (χ2v) is 9.53. The van der Waals surface area contributed by atoms with Crippen molar-refractivity contribution in [3.05, 3.63) is 65.7 Å². The minimum Gasteiger partial charge on any atom is -0.335 e. The molecule has 4 rings (SSSR count). The molecule has 2 aromatic rings. The molecule has 2 aliphatic rings. The Morgan fingerprint density at radius 2 is 1.73 bits per heavy atom. The molecule has 6 nitrogen and oxygen atoms in total. The summed E-state index contributed by atoms with van der Waals surface area (Å²) >= 11 is 0. The van der Waals surface area contributed by atoms with Crippen LogP contribution < -0.4 is 4.72 Å². The van der Waals surface area contributed by atoms with Gasteiger partial charge in [-0.3, -0.25) is 14.5 Å². The number of amides is 1. The molecule has 0 saturated heterocycles. The number of aliphatic imine (C=N–C) groups is 1. The van der Waals surface area contributed by atoms with Crippen LogP contribution in [0.25, 0.3) is 0 Å². The van der Waals surface area contributed by atoms with Crippen LogP contribution in [0.15, 0.2) is 64.5 Å². The molecule has 0 bridgehead atoms. The first kappa shape index (κ1) is 20.6. The van der Waals surface area contributed by atoms with Crippen molar-refractivity contribution in [1.82, 2.24) is 9.62 Å². The van der Waals surface area contributed by atoms with Crippen LogP contribution in [-0.2, 0) is 21.4 Å². The zero-order chi connectivity index (χ0) is 21.0. The molecular formula is C23H27N3O3S. The van der Waals surface area contributed by atoms with Crippen molar-refractivity contribution in [2.24, 2.45) is 4.99 Å². The first-order chi connectivity index (χ1) is 14.5. The molecule has 0 atom stereocenters. The highest BCUT2D eigenvalue weighted by molar-refractivity contribution is 7.90. The molecule has 0 unspecified atom stereocenters. The molecule has 7 heteroatoms. The van der Waals surface area contributed by atoms with Crippen molar-refractivity contribution in [1.29, 1.82) is 0 Å². The molecule has 2 aromatic carbocycles.